The lowest BCUT2D eigenvalue weighted by Crippen LogP contribution is -2.43. The Labute approximate surface area is 161 Å². The molecule has 1 saturated heterocycles. The summed E-state index contributed by atoms with van der Waals surface area (Å²) in [5, 5.41) is 4.00. The van der Waals surface area contributed by atoms with Crippen LogP contribution in [0.5, 0.6) is 0 Å². The van der Waals surface area contributed by atoms with Crippen molar-refractivity contribution in [2.45, 2.75) is 31.7 Å². The number of aromatic nitrogens is 2. The van der Waals surface area contributed by atoms with Gasteiger partial charge in [0.25, 0.3) is 0 Å². The largest absolute Gasteiger partial charge is 0.368 e. The van der Waals surface area contributed by atoms with Crippen LogP contribution < -0.4 is 16.0 Å². The average Bonchev–Trinajstić information content (AvgIpc) is 3.27. The standard InChI is InChI=1S/C17H21BrN5O.ClH/c18-12-7-20-17-15(16(12)23-5-1-2-11(19)9-23)13(8-21-17)22-14(24)6-10-3-4-10;/h3,7-8,10-11H,1-2,4-6,9,19H2,(H,20,21)(H,22,24);1H/t10-,11?;/m1./s1. The van der Waals surface area contributed by atoms with Crippen molar-refractivity contribution in [1.82, 2.24) is 9.97 Å². The maximum Gasteiger partial charge on any atom is 0.224 e. The highest BCUT2D eigenvalue weighted by Gasteiger charge is 2.27. The number of aromatic amines is 1. The number of carbonyl (C=O) groups is 1. The molecule has 4 N–H and O–H groups in total. The smallest absolute Gasteiger partial charge is 0.224 e. The number of pyridine rings is 1. The Morgan fingerprint density at radius 1 is 1.52 bits per heavy atom. The molecule has 135 valence electrons. The normalized spacial score (nSPS) is 20.4. The number of nitrogens with zero attached hydrogens (tertiary/aromatic N) is 2. The lowest BCUT2D eigenvalue weighted by molar-refractivity contribution is -0.116. The third-order valence-corrected chi connectivity index (χ3v) is 5.27. The Morgan fingerprint density at radius 3 is 3.04 bits per heavy atom. The number of anilines is 2. The molecule has 3 heterocycles. The van der Waals surface area contributed by atoms with E-state index in [-0.39, 0.29) is 24.4 Å². The number of amides is 1. The predicted octanol–water partition coefficient (Wildman–Crippen LogP) is 3.23. The molecule has 2 aliphatic rings. The van der Waals surface area contributed by atoms with Gasteiger partial charge in [-0.05, 0) is 47.5 Å². The molecule has 1 saturated carbocycles. The third-order valence-electron chi connectivity index (χ3n) is 4.69. The number of fused-ring (bicyclic) bond motifs is 1. The zero-order chi connectivity index (χ0) is 16.7. The quantitative estimate of drug-likeness (QED) is 0.699. The summed E-state index contributed by atoms with van der Waals surface area (Å²) in [5.41, 5.74) is 8.79. The molecule has 1 aliphatic heterocycles. The molecule has 6 nitrogen and oxygen atoms in total. The maximum atomic E-state index is 12.2. The van der Waals surface area contributed by atoms with E-state index in [0.29, 0.717) is 12.3 Å². The average molecular weight is 428 g/mol. The summed E-state index contributed by atoms with van der Waals surface area (Å²) in [6, 6.07) is 0.177. The van der Waals surface area contributed by atoms with Crippen molar-refractivity contribution in [3.8, 4) is 0 Å². The summed E-state index contributed by atoms with van der Waals surface area (Å²) in [6.45, 7) is 1.77. The summed E-state index contributed by atoms with van der Waals surface area (Å²) in [6.07, 6.45) is 9.51. The molecule has 0 aromatic carbocycles. The Kier molecular flexibility index (Phi) is 5.55. The Hall–Kier alpha value is -1.31. The number of hydrogen-bond acceptors (Lipinski definition) is 4. The Balaban J connectivity index is 0.00000182. The molecule has 2 atom stereocenters. The minimum absolute atomic E-state index is 0. The van der Waals surface area contributed by atoms with Gasteiger partial charge in [0.15, 0.2) is 0 Å². The summed E-state index contributed by atoms with van der Waals surface area (Å²) >= 11 is 3.63. The number of nitrogens with two attached hydrogens (primary N) is 1. The first kappa shape index (κ1) is 18.5. The molecular weight excluding hydrogens is 406 g/mol. The van der Waals surface area contributed by atoms with Gasteiger partial charge >= 0.3 is 0 Å². The highest BCUT2D eigenvalue weighted by Crippen LogP contribution is 2.39. The van der Waals surface area contributed by atoms with E-state index in [1.165, 1.54) is 0 Å². The lowest BCUT2D eigenvalue weighted by atomic mass is 10.1. The van der Waals surface area contributed by atoms with Crippen molar-refractivity contribution in [3.63, 3.8) is 0 Å². The molecule has 2 fully saturated rings. The molecule has 1 amide bonds. The molecule has 2 aromatic heterocycles. The summed E-state index contributed by atoms with van der Waals surface area (Å²) < 4.78 is 0.926. The summed E-state index contributed by atoms with van der Waals surface area (Å²) in [7, 11) is 0. The van der Waals surface area contributed by atoms with Gasteiger partial charge in [0.1, 0.15) is 5.65 Å². The van der Waals surface area contributed by atoms with Gasteiger partial charge < -0.3 is 20.9 Å². The Bertz CT molecular complexity index is 776. The van der Waals surface area contributed by atoms with Crippen LogP contribution in [0.25, 0.3) is 11.0 Å². The van der Waals surface area contributed by atoms with Gasteiger partial charge in [0, 0.05) is 37.9 Å². The first-order chi connectivity index (χ1) is 11.6. The number of H-pyrrole nitrogens is 1. The van der Waals surface area contributed by atoms with E-state index in [0.717, 1.165) is 59.2 Å². The van der Waals surface area contributed by atoms with E-state index in [1.54, 1.807) is 6.20 Å². The van der Waals surface area contributed by atoms with Crippen LogP contribution >= 0.6 is 28.3 Å². The maximum absolute atomic E-state index is 12.2. The molecule has 4 rings (SSSR count). The highest BCUT2D eigenvalue weighted by atomic mass is 79.9. The second-order valence-electron chi connectivity index (χ2n) is 6.71. The second kappa shape index (κ2) is 7.51. The number of nitrogens with one attached hydrogen (secondary N) is 2. The van der Waals surface area contributed by atoms with Crippen molar-refractivity contribution in [2.75, 3.05) is 23.3 Å². The molecule has 1 aliphatic carbocycles. The van der Waals surface area contributed by atoms with Crippen LogP contribution in [0.4, 0.5) is 11.4 Å². The molecule has 8 heteroatoms. The number of hydrogen-bond donors (Lipinski definition) is 3. The number of piperidine rings is 1. The molecule has 2 aromatic rings. The van der Waals surface area contributed by atoms with Crippen molar-refractivity contribution in [2.24, 2.45) is 11.7 Å². The fraction of sp³-hybridized carbons (Fsp3) is 0.471. The molecule has 1 radical (unpaired) electrons. The van der Waals surface area contributed by atoms with Gasteiger partial charge in [0.2, 0.25) is 5.91 Å². The lowest BCUT2D eigenvalue weighted by Gasteiger charge is -2.33. The minimum atomic E-state index is 0. The fourth-order valence-corrected chi connectivity index (χ4v) is 3.93. The van der Waals surface area contributed by atoms with Gasteiger partial charge in [-0.2, -0.15) is 0 Å². The van der Waals surface area contributed by atoms with Gasteiger partial charge in [0.05, 0.1) is 21.2 Å². The SMILES string of the molecule is Cl.NC1CCCN(c2c(Br)cnc3[nH]cc(NC(=O)C[C@@H]4[CH]C4)c23)C1. The van der Waals surface area contributed by atoms with Crippen LogP contribution in [0.2, 0.25) is 0 Å². The first-order valence-corrected chi connectivity index (χ1v) is 9.20. The number of halogens is 2. The van der Waals surface area contributed by atoms with E-state index in [2.05, 4.69) is 42.5 Å². The van der Waals surface area contributed by atoms with Crippen molar-refractivity contribution in [3.05, 3.63) is 23.3 Å². The molecule has 1 unspecified atom stereocenters. The van der Waals surface area contributed by atoms with Gasteiger partial charge in [-0.25, -0.2) is 4.98 Å². The van der Waals surface area contributed by atoms with Crippen LogP contribution in [0, 0.1) is 12.3 Å². The van der Waals surface area contributed by atoms with Crippen molar-refractivity contribution < 1.29 is 4.79 Å². The molecule has 25 heavy (non-hydrogen) atoms. The van der Waals surface area contributed by atoms with E-state index in [4.69, 9.17) is 5.73 Å². The zero-order valence-electron chi connectivity index (χ0n) is 13.8. The fourth-order valence-electron chi connectivity index (χ4n) is 3.38. The highest BCUT2D eigenvalue weighted by molar-refractivity contribution is 9.10. The van der Waals surface area contributed by atoms with Crippen molar-refractivity contribution in [1.29, 1.82) is 0 Å². The molecule has 0 spiro atoms. The van der Waals surface area contributed by atoms with Crippen LogP contribution in [0.3, 0.4) is 0 Å². The van der Waals surface area contributed by atoms with Crippen LogP contribution in [0.1, 0.15) is 25.7 Å². The Morgan fingerprint density at radius 2 is 2.32 bits per heavy atom. The number of carbonyl (C=O) groups excluding carboxylic acids is 1. The van der Waals surface area contributed by atoms with E-state index >= 15 is 0 Å². The summed E-state index contributed by atoms with van der Waals surface area (Å²) in [5.74, 6) is 0.496. The third kappa shape index (κ3) is 3.93. The van der Waals surface area contributed by atoms with E-state index < -0.39 is 0 Å². The van der Waals surface area contributed by atoms with Crippen LogP contribution in [-0.4, -0.2) is 35.0 Å². The first-order valence-electron chi connectivity index (χ1n) is 8.41. The molecular formula is C17H22BrClN5O. The van der Waals surface area contributed by atoms with Crippen molar-refractivity contribution >= 4 is 56.7 Å². The van der Waals surface area contributed by atoms with Crippen LogP contribution in [0.15, 0.2) is 16.9 Å². The van der Waals surface area contributed by atoms with Gasteiger partial charge in [-0.1, -0.05) is 0 Å². The zero-order valence-corrected chi connectivity index (χ0v) is 16.2. The van der Waals surface area contributed by atoms with E-state index in [9.17, 15) is 4.79 Å². The van der Waals surface area contributed by atoms with Crippen LogP contribution in [-0.2, 0) is 4.79 Å². The molecule has 0 bridgehead atoms. The monoisotopic (exact) mass is 426 g/mol. The van der Waals surface area contributed by atoms with Gasteiger partial charge in [-0.3, -0.25) is 4.79 Å². The van der Waals surface area contributed by atoms with E-state index in [1.807, 2.05) is 6.20 Å². The predicted molar refractivity (Wildman–Crippen MR) is 106 cm³/mol. The number of rotatable bonds is 4. The summed E-state index contributed by atoms with van der Waals surface area (Å²) in [4.78, 5) is 22.1. The second-order valence-corrected chi connectivity index (χ2v) is 7.57. The topological polar surface area (TPSA) is 87.0 Å². The van der Waals surface area contributed by atoms with Gasteiger partial charge in [-0.15, -0.1) is 12.4 Å². The minimum Gasteiger partial charge on any atom is -0.368 e.